The summed E-state index contributed by atoms with van der Waals surface area (Å²) in [5, 5.41) is 0. The lowest BCUT2D eigenvalue weighted by Gasteiger charge is -2.48. The maximum Gasteiger partial charge on any atom is 0.0139 e. The second-order valence-electron chi connectivity index (χ2n) is 6.76. The van der Waals surface area contributed by atoms with Crippen LogP contribution in [-0.4, -0.2) is 25.0 Å². The van der Waals surface area contributed by atoms with Gasteiger partial charge in [-0.3, -0.25) is 0 Å². The summed E-state index contributed by atoms with van der Waals surface area (Å²) in [5.41, 5.74) is 6.42. The van der Waals surface area contributed by atoms with Crippen molar-refractivity contribution in [2.75, 3.05) is 20.1 Å². The van der Waals surface area contributed by atoms with E-state index in [-0.39, 0.29) is 0 Å². The van der Waals surface area contributed by atoms with E-state index in [4.69, 9.17) is 0 Å². The maximum absolute atomic E-state index is 2.53. The molecule has 0 saturated carbocycles. The summed E-state index contributed by atoms with van der Waals surface area (Å²) in [6.45, 7) is 2.52. The van der Waals surface area contributed by atoms with Crippen LogP contribution in [0.2, 0.25) is 0 Å². The molecule has 1 heteroatoms. The van der Waals surface area contributed by atoms with Crippen LogP contribution in [0.5, 0.6) is 0 Å². The van der Waals surface area contributed by atoms with E-state index >= 15 is 0 Å². The van der Waals surface area contributed by atoms with Gasteiger partial charge < -0.3 is 4.90 Å². The van der Waals surface area contributed by atoms with Crippen molar-refractivity contribution >= 4 is 0 Å². The maximum atomic E-state index is 2.53. The first-order valence-electron chi connectivity index (χ1n) is 7.71. The van der Waals surface area contributed by atoms with Crippen LogP contribution in [0.1, 0.15) is 34.1 Å². The molecule has 100 valence electrons. The first kappa shape index (κ1) is 11.1. The number of nitrogens with zero attached hydrogens (tertiary/aromatic N) is 1. The smallest absolute Gasteiger partial charge is 0.0139 e. The van der Waals surface area contributed by atoms with E-state index in [0.29, 0.717) is 11.8 Å². The largest absolute Gasteiger partial charge is 0.306 e. The van der Waals surface area contributed by atoms with E-state index in [1.54, 1.807) is 22.3 Å². The average molecular weight is 261 g/mol. The van der Waals surface area contributed by atoms with Gasteiger partial charge in [-0.2, -0.15) is 0 Å². The lowest BCUT2D eigenvalue weighted by atomic mass is 9.55. The van der Waals surface area contributed by atoms with Gasteiger partial charge in [0.2, 0.25) is 0 Å². The third kappa shape index (κ3) is 1.22. The number of likely N-dealkylation sites (tertiary alicyclic amines) is 1. The molecule has 1 heterocycles. The minimum absolute atomic E-state index is 0.627. The Balaban J connectivity index is 1.81. The van der Waals surface area contributed by atoms with Crippen molar-refractivity contribution in [3.63, 3.8) is 0 Å². The van der Waals surface area contributed by atoms with Crippen LogP contribution in [0.25, 0.3) is 0 Å². The summed E-state index contributed by atoms with van der Waals surface area (Å²) >= 11 is 0. The highest BCUT2D eigenvalue weighted by Crippen LogP contribution is 2.59. The van der Waals surface area contributed by atoms with Crippen LogP contribution >= 0.6 is 0 Å². The molecule has 1 nitrogen and oxygen atoms in total. The Labute approximate surface area is 120 Å². The molecule has 0 N–H and O–H groups in total. The monoisotopic (exact) mass is 261 g/mol. The molecular weight excluding hydrogens is 242 g/mol. The Morgan fingerprint density at radius 3 is 1.40 bits per heavy atom. The first-order chi connectivity index (χ1) is 9.84. The molecule has 0 amide bonds. The summed E-state index contributed by atoms with van der Waals surface area (Å²) in [6, 6.07) is 18.4. The zero-order valence-electron chi connectivity index (χ0n) is 11.8. The van der Waals surface area contributed by atoms with E-state index in [0.717, 1.165) is 11.8 Å². The Kier molecular flexibility index (Phi) is 2.07. The standard InChI is InChI=1S/C19H19N/c1-20-10-16-17(11-20)19-13-7-3-2-6-12(13)18(16)14-8-4-5-9-15(14)19/h2-9,16-19H,10-11H2,1H3. The molecule has 20 heavy (non-hydrogen) atoms. The first-order valence-corrected chi connectivity index (χ1v) is 7.71. The van der Waals surface area contributed by atoms with Gasteiger partial charge in [-0.25, -0.2) is 0 Å². The summed E-state index contributed by atoms with van der Waals surface area (Å²) in [5.74, 6) is 2.88. The van der Waals surface area contributed by atoms with E-state index in [9.17, 15) is 0 Å². The van der Waals surface area contributed by atoms with Gasteiger partial charge in [0.15, 0.2) is 0 Å². The van der Waals surface area contributed by atoms with Gasteiger partial charge in [-0.05, 0) is 41.1 Å². The van der Waals surface area contributed by atoms with Gasteiger partial charge >= 0.3 is 0 Å². The molecule has 4 aliphatic rings. The van der Waals surface area contributed by atoms with Crippen molar-refractivity contribution in [3.8, 4) is 0 Å². The quantitative estimate of drug-likeness (QED) is 0.702. The van der Waals surface area contributed by atoms with Crippen molar-refractivity contribution in [1.29, 1.82) is 0 Å². The zero-order chi connectivity index (χ0) is 13.3. The van der Waals surface area contributed by atoms with Crippen molar-refractivity contribution in [1.82, 2.24) is 4.90 Å². The van der Waals surface area contributed by atoms with Gasteiger partial charge in [0.25, 0.3) is 0 Å². The van der Waals surface area contributed by atoms with Crippen molar-refractivity contribution in [3.05, 3.63) is 70.8 Å². The van der Waals surface area contributed by atoms with Gasteiger partial charge in [0.05, 0.1) is 0 Å². The van der Waals surface area contributed by atoms with Crippen LogP contribution in [0.4, 0.5) is 0 Å². The molecule has 6 rings (SSSR count). The highest BCUT2D eigenvalue weighted by molar-refractivity contribution is 5.57. The number of hydrogen-bond donors (Lipinski definition) is 0. The van der Waals surface area contributed by atoms with Gasteiger partial charge in [0, 0.05) is 24.9 Å². The third-order valence-electron chi connectivity index (χ3n) is 5.78. The van der Waals surface area contributed by atoms with Crippen molar-refractivity contribution in [2.24, 2.45) is 11.8 Å². The number of rotatable bonds is 0. The highest BCUT2D eigenvalue weighted by atomic mass is 15.1. The third-order valence-corrected chi connectivity index (χ3v) is 5.78. The van der Waals surface area contributed by atoms with Crippen LogP contribution in [-0.2, 0) is 0 Å². The lowest BCUT2D eigenvalue weighted by Crippen LogP contribution is -2.39. The summed E-state index contributed by atoms with van der Waals surface area (Å²) in [6.07, 6.45) is 0. The van der Waals surface area contributed by atoms with E-state index in [1.165, 1.54) is 13.1 Å². The number of benzene rings is 2. The molecule has 1 saturated heterocycles. The molecule has 0 aromatic heterocycles. The SMILES string of the molecule is CN1CC2C3c4ccccc4C(c4ccccc43)C2C1. The van der Waals surface area contributed by atoms with Crippen LogP contribution in [0, 0.1) is 11.8 Å². The van der Waals surface area contributed by atoms with Crippen LogP contribution in [0.15, 0.2) is 48.5 Å². The molecule has 2 aromatic carbocycles. The Morgan fingerprint density at radius 1 is 0.700 bits per heavy atom. The van der Waals surface area contributed by atoms with Crippen molar-refractivity contribution in [2.45, 2.75) is 11.8 Å². The fourth-order valence-electron chi connectivity index (χ4n) is 5.18. The fraction of sp³-hybridized carbons (Fsp3) is 0.368. The van der Waals surface area contributed by atoms with Gasteiger partial charge in [0.1, 0.15) is 0 Å². The predicted octanol–water partition coefficient (Wildman–Crippen LogP) is 3.46. The molecule has 3 aliphatic carbocycles. The second kappa shape index (κ2) is 3.73. The van der Waals surface area contributed by atoms with Gasteiger partial charge in [-0.15, -0.1) is 0 Å². The molecule has 1 aliphatic heterocycles. The Bertz CT molecular complexity index is 584. The minimum Gasteiger partial charge on any atom is -0.306 e. The Hall–Kier alpha value is -1.60. The topological polar surface area (TPSA) is 3.24 Å². The van der Waals surface area contributed by atoms with Crippen LogP contribution < -0.4 is 0 Å². The average Bonchev–Trinajstić information content (AvgIpc) is 2.88. The highest BCUT2D eigenvalue weighted by Gasteiger charge is 2.52. The van der Waals surface area contributed by atoms with Crippen molar-refractivity contribution < 1.29 is 0 Å². The fourth-order valence-corrected chi connectivity index (χ4v) is 5.18. The molecule has 0 spiro atoms. The minimum atomic E-state index is 0.627. The molecule has 2 unspecified atom stereocenters. The lowest BCUT2D eigenvalue weighted by molar-refractivity contribution is 0.294. The molecule has 1 fully saturated rings. The van der Waals surface area contributed by atoms with E-state index in [1.807, 2.05) is 0 Å². The van der Waals surface area contributed by atoms with Gasteiger partial charge in [-0.1, -0.05) is 48.5 Å². The van der Waals surface area contributed by atoms with E-state index in [2.05, 4.69) is 60.5 Å². The molecule has 2 aromatic rings. The molecule has 2 atom stereocenters. The van der Waals surface area contributed by atoms with Crippen LogP contribution in [0.3, 0.4) is 0 Å². The molecular formula is C19H19N. The Morgan fingerprint density at radius 2 is 1.05 bits per heavy atom. The van der Waals surface area contributed by atoms with E-state index < -0.39 is 0 Å². The summed E-state index contributed by atoms with van der Waals surface area (Å²) in [7, 11) is 2.28. The normalized spacial score (nSPS) is 33.6. The zero-order valence-corrected chi connectivity index (χ0v) is 11.8. The summed E-state index contributed by atoms with van der Waals surface area (Å²) < 4.78 is 0. The predicted molar refractivity (Wildman–Crippen MR) is 81.0 cm³/mol. The second-order valence-corrected chi connectivity index (χ2v) is 6.76. The number of hydrogen-bond acceptors (Lipinski definition) is 1. The summed E-state index contributed by atoms with van der Waals surface area (Å²) in [4.78, 5) is 2.53. The molecule has 0 radical (unpaired) electrons. The molecule has 2 bridgehead atoms.